The van der Waals surface area contributed by atoms with E-state index in [0.717, 1.165) is 81.0 Å². The van der Waals surface area contributed by atoms with Gasteiger partial charge in [-0.1, -0.05) is 11.2 Å². The molecule has 10 nitrogen and oxygen atoms in total. The molecule has 3 aliphatic rings. The van der Waals surface area contributed by atoms with Crippen LogP contribution < -0.4 is 20.0 Å². The number of hydrogen-bond acceptors (Lipinski definition) is 10. The van der Waals surface area contributed by atoms with Crippen LogP contribution in [0.1, 0.15) is 0 Å². The number of anilines is 3. The predicted molar refractivity (Wildman–Crippen MR) is 113 cm³/mol. The van der Waals surface area contributed by atoms with Gasteiger partial charge in [0, 0.05) is 39.3 Å². The number of fused-ring (bicyclic) bond motifs is 1. The molecular weight excluding hydrogens is 392 g/mol. The fraction of sp³-hybridized carbons (Fsp3) is 0.667. The third-order valence-corrected chi connectivity index (χ3v) is 6.90. The Bertz CT molecular complexity index is 851. The van der Waals surface area contributed by atoms with Crippen LogP contribution in [0.4, 0.5) is 17.6 Å². The number of aromatic nitrogens is 4. The molecule has 0 bridgehead atoms. The van der Waals surface area contributed by atoms with Crippen molar-refractivity contribution in [2.75, 3.05) is 91.8 Å². The van der Waals surface area contributed by atoms with Gasteiger partial charge in [0.2, 0.25) is 5.95 Å². The quantitative estimate of drug-likeness (QED) is 0.639. The molecule has 2 aromatic rings. The summed E-state index contributed by atoms with van der Waals surface area (Å²) in [5.41, 5.74) is 1.56. The monoisotopic (exact) mass is 418 g/mol. The van der Waals surface area contributed by atoms with Gasteiger partial charge >= 0.3 is 0 Å². The van der Waals surface area contributed by atoms with Gasteiger partial charge in [-0.15, -0.1) is 0 Å². The Morgan fingerprint density at radius 3 is 2.31 bits per heavy atom. The van der Waals surface area contributed by atoms with E-state index < -0.39 is 11.2 Å². The molecule has 0 atom stereocenters. The molecule has 3 fully saturated rings. The summed E-state index contributed by atoms with van der Waals surface area (Å²) >= 11 is -0.745. The smallest absolute Gasteiger partial charge is 0.228 e. The van der Waals surface area contributed by atoms with Gasteiger partial charge in [0.05, 0.1) is 26.3 Å². The molecule has 2 aromatic heterocycles. The molecule has 0 aromatic carbocycles. The van der Waals surface area contributed by atoms with Crippen molar-refractivity contribution in [3.63, 3.8) is 0 Å². The number of nitrogens with zero attached hydrogens (tertiary/aromatic N) is 7. The molecule has 11 heteroatoms. The first-order valence-corrected chi connectivity index (χ1v) is 11.7. The summed E-state index contributed by atoms with van der Waals surface area (Å²) in [5, 5.41) is 3.38. The van der Waals surface area contributed by atoms with Crippen LogP contribution in [0.25, 0.3) is 11.0 Å². The van der Waals surface area contributed by atoms with Gasteiger partial charge in [0.1, 0.15) is 28.9 Å². The summed E-state index contributed by atoms with van der Waals surface area (Å²) in [5.74, 6) is 3.73. The lowest BCUT2D eigenvalue weighted by molar-refractivity contribution is 0.122. The highest BCUT2D eigenvalue weighted by molar-refractivity contribution is 7.91. The predicted octanol–water partition coefficient (Wildman–Crippen LogP) is -0.765. The SMILES string of the molecule is [O-][S+]1CCN(c2nc(N3CCNCC3)nc3c(N4CCOCC4)ncnc23)CC1. The first-order valence-electron chi connectivity index (χ1n) is 10.2. The van der Waals surface area contributed by atoms with Crippen molar-refractivity contribution < 1.29 is 9.29 Å². The molecular formula is C18H26N8O2S. The molecule has 0 aliphatic carbocycles. The maximum absolute atomic E-state index is 11.9. The Labute approximate surface area is 172 Å². The van der Waals surface area contributed by atoms with Gasteiger partial charge in [-0.25, -0.2) is 15.0 Å². The third kappa shape index (κ3) is 3.91. The van der Waals surface area contributed by atoms with Gasteiger partial charge < -0.3 is 29.3 Å². The van der Waals surface area contributed by atoms with E-state index in [1.54, 1.807) is 6.33 Å². The van der Waals surface area contributed by atoms with Crippen LogP contribution in [-0.2, 0) is 15.9 Å². The zero-order valence-electron chi connectivity index (χ0n) is 16.4. The number of nitrogens with one attached hydrogen (secondary N) is 1. The number of hydrogen-bond donors (Lipinski definition) is 1. The van der Waals surface area contributed by atoms with Gasteiger partial charge in [-0.2, -0.15) is 4.98 Å². The van der Waals surface area contributed by atoms with Crippen LogP contribution >= 0.6 is 0 Å². The molecule has 3 saturated heterocycles. The van der Waals surface area contributed by atoms with E-state index >= 15 is 0 Å². The van der Waals surface area contributed by atoms with Crippen molar-refractivity contribution in [1.82, 2.24) is 25.3 Å². The lowest BCUT2D eigenvalue weighted by atomic mass is 10.3. The molecule has 0 unspecified atom stereocenters. The first kappa shape index (κ1) is 19.0. The van der Waals surface area contributed by atoms with Crippen LogP contribution in [0.15, 0.2) is 6.33 Å². The van der Waals surface area contributed by atoms with Crippen LogP contribution in [0.5, 0.6) is 0 Å². The van der Waals surface area contributed by atoms with Gasteiger partial charge in [0.25, 0.3) is 0 Å². The van der Waals surface area contributed by atoms with Gasteiger partial charge in [-0.05, 0) is 0 Å². The highest BCUT2D eigenvalue weighted by atomic mass is 32.2. The van der Waals surface area contributed by atoms with Crippen molar-refractivity contribution in [3.8, 4) is 0 Å². The molecule has 5 rings (SSSR count). The summed E-state index contributed by atoms with van der Waals surface area (Å²) < 4.78 is 17.4. The Balaban J connectivity index is 1.61. The van der Waals surface area contributed by atoms with E-state index in [4.69, 9.17) is 14.7 Å². The number of rotatable bonds is 3. The fourth-order valence-electron chi connectivity index (χ4n) is 3.99. The van der Waals surface area contributed by atoms with E-state index in [0.29, 0.717) is 24.7 Å². The number of ether oxygens (including phenoxy) is 1. The van der Waals surface area contributed by atoms with Crippen LogP contribution in [0.3, 0.4) is 0 Å². The van der Waals surface area contributed by atoms with E-state index in [-0.39, 0.29) is 0 Å². The van der Waals surface area contributed by atoms with E-state index in [2.05, 4.69) is 30.0 Å². The second kappa shape index (κ2) is 8.42. The summed E-state index contributed by atoms with van der Waals surface area (Å²) in [6.45, 7) is 7.96. The third-order valence-electron chi connectivity index (χ3n) is 5.62. The number of morpholine rings is 1. The van der Waals surface area contributed by atoms with E-state index in [9.17, 15) is 4.55 Å². The van der Waals surface area contributed by atoms with Crippen LogP contribution in [0, 0.1) is 0 Å². The lowest BCUT2D eigenvalue weighted by Gasteiger charge is -2.33. The topological polar surface area (TPSA) is 106 Å². The molecule has 0 amide bonds. The largest absolute Gasteiger partial charge is 0.616 e. The Morgan fingerprint density at radius 1 is 0.828 bits per heavy atom. The van der Waals surface area contributed by atoms with Gasteiger partial charge in [-0.3, -0.25) is 0 Å². The summed E-state index contributed by atoms with van der Waals surface area (Å²) in [6.07, 6.45) is 1.60. The average molecular weight is 419 g/mol. The maximum atomic E-state index is 11.9. The number of piperazine rings is 1. The maximum Gasteiger partial charge on any atom is 0.228 e. The Kier molecular flexibility index (Phi) is 5.53. The van der Waals surface area contributed by atoms with Crippen molar-refractivity contribution in [2.45, 2.75) is 0 Å². The average Bonchev–Trinajstić information content (AvgIpc) is 2.80. The first-order chi connectivity index (χ1) is 14.3. The molecule has 0 saturated carbocycles. The second-order valence-corrected chi connectivity index (χ2v) is 9.11. The Hall–Kier alpha value is -1.95. The molecule has 156 valence electrons. The molecule has 5 heterocycles. The minimum Gasteiger partial charge on any atom is -0.616 e. The fourth-order valence-corrected chi connectivity index (χ4v) is 5.04. The summed E-state index contributed by atoms with van der Waals surface area (Å²) in [6, 6.07) is 0. The second-order valence-electron chi connectivity index (χ2n) is 7.41. The van der Waals surface area contributed by atoms with Crippen LogP contribution in [0.2, 0.25) is 0 Å². The summed E-state index contributed by atoms with van der Waals surface area (Å²) in [4.78, 5) is 25.7. The van der Waals surface area contributed by atoms with Crippen molar-refractivity contribution >= 4 is 39.8 Å². The molecule has 29 heavy (non-hydrogen) atoms. The van der Waals surface area contributed by atoms with Crippen molar-refractivity contribution in [1.29, 1.82) is 0 Å². The van der Waals surface area contributed by atoms with Crippen LogP contribution in [-0.4, -0.2) is 102 Å². The van der Waals surface area contributed by atoms with Crippen molar-refractivity contribution in [3.05, 3.63) is 6.33 Å². The summed E-state index contributed by atoms with van der Waals surface area (Å²) in [7, 11) is 0. The highest BCUT2D eigenvalue weighted by Gasteiger charge is 2.27. The van der Waals surface area contributed by atoms with E-state index in [1.165, 1.54) is 0 Å². The molecule has 0 spiro atoms. The zero-order chi connectivity index (χ0) is 19.6. The minimum atomic E-state index is -0.745. The highest BCUT2D eigenvalue weighted by Crippen LogP contribution is 2.31. The van der Waals surface area contributed by atoms with Crippen molar-refractivity contribution in [2.24, 2.45) is 0 Å². The lowest BCUT2D eigenvalue weighted by Crippen LogP contribution is -2.45. The van der Waals surface area contributed by atoms with Gasteiger partial charge in [0.15, 0.2) is 11.6 Å². The molecule has 0 radical (unpaired) electrons. The normalized spacial score (nSPS) is 21.8. The standard InChI is InChI=1S/C18H26N8O2S/c27-29-11-7-25(8-12-29)17-14-15(22-18(23-17)26-3-1-19-2-4-26)16(21-13-20-14)24-5-9-28-10-6-24/h13,19H,1-12H2. The minimum absolute atomic E-state index is 0.663. The Morgan fingerprint density at radius 2 is 1.55 bits per heavy atom. The van der Waals surface area contributed by atoms with E-state index in [1.807, 2.05) is 0 Å². The zero-order valence-corrected chi connectivity index (χ0v) is 17.2. The molecule has 1 N–H and O–H groups in total. The molecule has 3 aliphatic heterocycles.